The molecule has 1 rings (SSSR count). The summed E-state index contributed by atoms with van der Waals surface area (Å²) in [6, 6.07) is 4.72. The van der Waals surface area contributed by atoms with Gasteiger partial charge in [-0.15, -0.1) is 0 Å². The molecule has 1 aromatic carbocycles. The third kappa shape index (κ3) is 5.57. The number of hydrogen-bond donors (Lipinski definition) is 1. The van der Waals surface area contributed by atoms with Crippen LogP contribution in [0.25, 0.3) is 0 Å². The summed E-state index contributed by atoms with van der Waals surface area (Å²) in [7, 11) is 0. The van der Waals surface area contributed by atoms with Crippen LogP contribution in [0.1, 0.15) is 38.2 Å². The average Bonchev–Trinajstić information content (AvgIpc) is 2.44. The van der Waals surface area contributed by atoms with Crippen molar-refractivity contribution in [1.82, 2.24) is 0 Å². The van der Waals surface area contributed by atoms with Gasteiger partial charge in [0.2, 0.25) is 0 Å². The lowest BCUT2D eigenvalue weighted by Crippen LogP contribution is -2.06. The third-order valence-corrected chi connectivity index (χ3v) is 2.85. The van der Waals surface area contributed by atoms with E-state index in [2.05, 4.69) is 0 Å². The Balaban J connectivity index is 2.23. The molecule has 4 nitrogen and oxygen atoms in total. The number of halogens is 1. The van der Waals surface area contributed by atoms with Crippen LogP contribution in [-0.2, 0) is 16.1 Å². The van der Waals surface area contributed by atoms with Crippen LogP contribution < -0.4 is 10.5 Å². The number of esters is 1. The molecule has 0 saturated carbocycles. The first-order chi connectivity index (χ1) is 9.69. The number of carbonyl (C=O) groups excluding carboxylic acids is 1. The first-order valence-corrected chi connectivity index (χ1v) is 6.95. The van der Waals surface area contributed by atoms with Crippen molar-refractivity contribution < 1.29 is 18.7 Å². The van der Waals surface area contributed by atoms with Crippen molar-refractivity contribution in [3.63, 3.8) is 0 Å². The van der Waals surface area contributed by atoms with E-state index in [4.69, 9.17) is 15.2 Å². The van der Waals surface area contributed by atoms with Crippen molar-refractivity contribution in [2.75, 3.05) is 13.2 Å². The van der Waals surface area contributed by atoms with Crippen molar-refractivity contribution in [2.24, 2.45) is 5.73 Å². The van der Waals surface area contributed by atoms with Gasteiger partial charge in [0.05, 0.1) is 13.2 Å². The SMILES string of the molecule is CCOC(=O)CCCCCOc1c(F)cccc1CN. The van der Waals surface area contributed by atoms with Crippen molar-refractivity contribution in [3.05, 3.63) is 29.6 Å². The van der Waals surface area contributed by atoms with Crippen LogP contribution in [-0.4, -0.2) is 19.2 Å². The highest BCUT2D eigenvalue weighted by molar-refractivity contribution is 5.69. The highest BCUT2D eigenvalue weighted by Gasteiger charge is 2.08. The lowest BCUT2D eigenvalue weighted by Gasteiger charge is -2.11. The Kier molecular flexibility index (Phi) is 7.65. The summed E-state index contributed by atoms with van der Waals surface area (Å²) in [6.07, 6.45) is 2.77. The van der Waals surface area contributed by atoms with Crippen LogP contribution in [0.5, 0.6) is 5.75 Å². The second-order valence-corrected chi connectivity index (χ2v) is 4.40. The fourth-order valence-electron chi connectivity index (χ4n) is 1.83. The van der Waals surface area contributed by atoms with Crippen LogP contribution in [0.3, 0.4) is 0 Å². The summed E-state index contributed by atoms with van der Waals surface area (Å²) in [4.78, 5) is 11.1. The molecule has 0 aliphatic carbocycles. The summed E-state index contributed by atoms with van der Waals surface area (Å²) in [5.41, 5.74) is 6.20. The second kappa shape index (κ2) is 9.31. The van der Waals surface area contributed by atoms with E-state index in [1.54, 1.807) is 19.1 Å². The minimum absolute atomic E-state index is 0.173. The van der Waals surface area contributed by atoms with E-state index in [0.717, 1.165) is 19.3 Å². The van der Waals surface area contributed by atoms with Crippen LogP contribution in [0.2, 0.25) is 0 Å². The number of para-hydroxylation sites is 1. The van der Waals surface area contributed by atoms with Gasteiger partial charge in [-0.1, -0.05) is 12.1 Å². The molecule has 0 saturated heterocycles. The van der Waals surface area contributed by atoms with E-state index in [0.29, 0.717) is 25.2 Å². The number of unbranched alkanes of at least 4 members (excludes halogenated alkanes) is 2. The first-order valence-electron chi connectivity index (χ1n) is 6.95. The van der Waals surface area contributed by atoms with Gasteiger partial charge in [-0.25, -0.2) is 4.39 Å². The van der Waals surface area contributed by atoms with Gasteiger partial charge in [0.1, 0.15) is 0 Å². The molecule has 112 valence electrons. The Labute approximate surface area is 119 Å². The molecule has 20 heavy (non-hydrogen) atoms. The molecule has 0 radical (unpaired) electrons. The third-order valence-electron chi connectivity index (χ3n) is 2.85. The van der Waals surface area contributed by atoms with Gasteiger partial charge in [-0.3, -0.25) is 4.79 Å². The molecule has 0 aliphatic rings. The molecule has 5 heteroatoms. The van der Waals surface area contributed by atoms with Crippen LogP contribution in [0.15, 0.2) is 18.2 Å². The van der Waals surface area contributed by atoms with Gasteiger partial charge in [0.15, 0.2) is 11.6 Å². The normalized spacial score (nSPS) is 10.3. The number of nitrogens with two attached hydrogens (primary N) is 1. The maximum Gasteiger partial charge on any atom is 0.305 e. The van der Waals surface area contributed by atoms with E-state index in [-0.39, 0.29) is 24.1 Å². The van der Waals surface area contributed by atoms with Gasteiger partial charge >= 0.3 is 5.97 Å². The number of carbonyl (C=O) groups is 1. The maximum atomic E-state index is 13.6. The Morgan fingerprint density at radius 1 is 1.30 bits per heavy atom. The zero-order valence-electron chi connectivity index (χ0n) is 11.9. The monoisotopic (exact) mass is 283 g/mol. The molecule has 2 N–H and O–H groups in total. The summed E-state index contributed by atoms with van der Waals surface area (Å²) in [5.74, 6) is -0.326. The fraction of sp³-hybridized carbons (Fsp3) is 0.533. The summed E-state index contributed by atoms with van der Waals surface area (Å²) < 4.78 is 23.8. The van der Waals surface area contributed by atoms with Crippen molar-refractivity contribution >= 4 is 5.97 Å². The highest BCUT2D eigenvalue weighted by atomic mass is 19.1. The fourth-order valence-corrected chi connectivity index (χ4v) is 1.83. The minimum Gasteiger partial charge on any atom is -0.490 e. The topological polar surface area (TPSA) is 61.5 Å². The summed E-state index contributed by atoms with van der Waals surface area (Å²) in [6.45, 7) is 2.86. The Hall–Kier alpha value is -1.62. The molecule has 0 aromatic heterocycles. The van der Waals surface area contributed by atoms with E-state index < -0.39 is 0 Å². The van der Waals surface area contributed by atoms with Crippen molar-refractivity contribution in [3.8, 4) is 5.75 Å². The van der Waals surface area contributed by atoms with Crippen LogP contribution in [0.4, 0.5) is 4.39 Å². The van der Waals surface area contributed by atoms with E-state index >= 15 is 0 Å². The number of rotatable bonds is 9. The molecule has 0 aliphatic heterocycles. The van der Waals surface area contributed by atoms with Gasteiger partial charge in [-0.05, 0) is 32.3 Å². The number of hydrogen-bond acceptors (Lipinski definition) is 4. The quantitative estimate of drug-likeness (QED) is 0.559. The predicted octanol–water partition coefficient (Wildman–Crippen LogP) is 2.79. The smallest absolute Gasteiger partial charge is 0.305 e. The first kappa shape index (κ1) is 16.4. The summed E-state index contributed by atoms with van der Waals surface area (Å²) >= 11 is 0. The minimum atomic E-state index is -0.389. The van der Waals surface area contributed by atoms with Gasteiger partial charge in [0, 0.05) is 18.5 Å². The lowest BCUT2D eigenvalue weighted by molar-refractivity contribution is -0.143. The zero-order valence-corrected chi connectivity index (χ0v) is 11.9. The molecule has 0 spiro atoms. The van der Waals surface area contributed by atoms with Gasteiger partial charge < -0.3 is 15.2 Å². The van der Waals surface area contributed by atoms with Crippen LogP contribution >= 0.6 is 0 Å². The molecule has 1 aromatic rings. The van der Waals surface area contributed by atoms with Crippen LogP contribution in [0, 0.1) is 5.82 Å². The zero-order chi connectivity index (χ0) is 14.8. The largest absolute Gasteiger partial charge is 0.490 e. The summed E-state index contributed by atoms with van der Waals surface area (Å²) in [5, 5.41) is 0. The molecule has 0 bridgehead atoms. The van der Waals surface area contributed by atoms with E-state index in [1.165, 1.54) is 6.07 Å². The number of benzene rings is 1. The maximum absolute atomic E-state index is 13.6. The molecule has 0 unspecified atom stereocenters. The Bertz CT molecular complexity index is 424. The van der Waals surface area contributed by atoms with Gasteiger partial charge in [-0.2, -0.15) is 0 Å². The molecule has 0 atom stereocenters. The van der Waals surface area contributed by atoms with Crippen molar-refractivity contribution in [2.45, 2.75) is 39.2 Å². The van der Waals surface area contributed by atoms with E-state index in [9.17, 15) is 9.18 Å². The molecule has 0 fully saturated rings. The lowest BCUT2D eigenvalue weighted by atomic mass is 10.2. The standard InChI is InChI=1S/C15H22FNO3/c1-2-19-14(18)9-4-3-5-10-20-15-12(11-17)7-6-8-13(15)16/h6-8H,2-5,9-11,17H2,1H3. The van der Waals surface area contributed by atoms with Crippen molar-refractivity contribution in [1.29, 1.82) is 0 Å². The van der Waals surface area contributed by atoms with Gasteiger partial charge in [0.25, 0.3) is 0 Å². The Morgan fingerprint density at radius 3 is 2.80 bits per heavy atom. The predicted molar refractivity (Wildman–Crippen MR) is 74.9 cm³/mol. The molecule has 0 heterocycles. The molecular weight excluding hydrogens is 261 g/mol. The molecular formula is C15H22FNO3. The van der Waals surface area contributed by atoms with E-state index in [1.807, 2.05) is 0 Å². The Morgan fingerprint density at radius 2 is 2.10 bits per heavy atom. The average molecular weight is 283 g/mol. The highest BCUT2D eigenvalue weighted by Crippen LogP contribution is 2.22. The second-order valence-electron chi connectivity index (χ2n) is 4.40. The molecule has 0 amide bonds. The number of ether oxygens (including phenoxy) is 2.